The molecule has 5 atom stereocenters. The fourth-order valence-electron chi connectivity index (χ4n) is 6.97. The van der Waals surface area contributed by atoms with Crippen LogP contribution in [0.4, 0.5) is 19.3 Å². The lowest BCUT2D eigenvalue weighted by Gasteiger charge is -2.37. The standard InChI is InChI=1S/C43H51Cl2F2N3O11/c1-26(61-41(53)59-21-20-58-19-18-57-17-16-56-15-14-54-5)60-40(52)27-10-13-33(34(22-27)55-6)49-39(51)38-36(29-8-7-9-31(45)37(29)47)43(25-48,35(50-38)24-42(2,3)4)30-12-11-28(44)23-32(30)46/h7-13,22-23,26,35-36,38,50H,14-21,24H2,1-6H3,(H,49,51)/t26?,35-,36-,38+,43-/m0/s1. The summed E-state index contributed by atoms with van der Waals surface area (Å²) in [5.41, 5.74) is -2.38. The smallest absolute Gasteiger partial charge is 0.495 e. The van der Waals surface area contributed by atoms with E-state index in [0.29, 0.717) is 33.0 Å². The second kappa shape index (κ2) is 23.0. The molecule has 0 aromatic heterocycles. The van der Waals surface area contributed by atoms with Gasteiger partial charge in [0.1, 0.15) is 29.4 Å². The molecule has 61 heavy (non-hydrogen) atoms. The number of nitrogens with one attached hydrogen (secondary N) is 2. The highest BCUT2D eigenvalue weighted by molar-refractivity contribution is 6.31. The zero-order valence-corrected chi connectivity index (χ0v) is 36.3. The van der Waals surface area contributed by atoms with Crippen molar-refractivity contribution in [3.8, 4) is 11.8 Å². The van der Waals surface area contributed by atoms with Crippen LogP contribution in [0.5, 0.6) is 5.75 Å². The average molecular weight is 895 g/mol. The molecule has 0 radical (unpaired) electrons. The van der Waals surface area contributed by atoms with Crippen molar-refractivity contribution in [1.29, 1.82) is 5.26 Å². The summed E-state index contributed by atoms with van der Waals surface area (Å²) in [4.78, 5) is 39.6. The number of rotatable bonds is 21. The number of amides is 1. The van der Waals surface area contributed by atoms with Crippen LogP contribution in [0.3, 0.4) is 0 Å². The maximum absolute atomic E-state index is 16.1. The van der Waals surface area contributed by atoms with Crippen molar-refractivity contribution < 1.29 is 61.1 Å². The summed E-state index contributed by atoms with van der Waals surface area (Å²) in [5.74, 6) is -4.57. The Morgan fingerprint density at radius 1 is 0.902 bits per heavy atom. The molecule has 3 aromatic rings. The Morgan fingerprint density at radius 2 is 1.56 bits per heavy atom. The van der Waals surface area contributed by atoms with E-state index in [1.165, 1.54) is 62.6 Å². The van der Waals surface area contributed by atoms with Crippen LogP contribution in [-0.4, -0.2) is 103 Å². The molecule has 4 rings (SSSR count). The van der Waals surface area contributed by atoms with Crippen LogP contribution >= 0.6 is 23.2 Å². The highest BCUT2D eigenvalue weighted by Crippen LogP contribution is 2.53. The Bertz CT molecular complexity index is 2010. The number of carbonyl (C=O) groups excluding carboxylic acids is 3. The number of halogens is 4. The molecule has 1 unspecified atom stereocenters. The molecule has 1 aliphatic heterocycles. The van der Waals surface area contributed by atoms with Gasteiger partial charge in [-0.05, 0) is 53.8 Å². The van der Waals surface area contributed by atoms with E-state index in [0.717, 1.165) is 6.07 Å². The summed E-state index contributed by atoms with van der Waals surface area (Å²) in [7, 11) is 2.89. The van der Waals surface area contributed by atoms with Crippen LogP contribution in [0, 0.1) is 28.4 Å². The average Bonchev–Trinajstić information content (AvgIpc) is 3.52. The quantitative estimate of drug-likeness (QED) is 0.0609. The van der Waals surface area contributed by atoms with Gasteiger partial charge >= 0.3 is 12.1 Å². The minimum Gasteiger partial charge on any atom is -0.495 e. The molecule has 332 valence electrons. The van der Waals surface area contributed by atoms with Crippen LogP contribution in [0.2, 0.25) is 10.0 Å². The van der Waals surface area contributed by atoms with Gasteiger partial charge in [-0.25, -0.2) is 18.4 Å². The molecule has 0 bridgehead atoms. The molecule has 1 amide bonds. The maximum atomic E-state index is 16.1. The predicted octanol–water partition coefficient (Wildman–Crippen LogP) is 7.59. The molecule has 18 heteroatoms. The highest BCUT2D eigenvalue weighted by atomic mass is 35.5. The lowest BCUT2D eigenvalue weighted by molar-refractivity contribution is -0.118. The maximum Gasteiger partial charge on any atom is 0.511 e. The number of anilines is 1. The lowest BCUT2D eigenvalue weighted by atomic mass is 9.62. The summed E-state index contributed by atoms with van der Waals surface area (Å²) >= 11 is 12.4. The van der Waals surface area contributed by atoms with E-state index in [2.05, 4.69) is 16.7 Å². The van der Waals surface area contributed by atoms with Crippen LogP contribution in [-0.2, 0) is 43.4 Å². The number of esters is 1. The van der Waals surface area contributed by atoms with Gasteiger partial charge in [0.25, 0.3) is 0 Å². The van der Waals surface area contributed by atoms with Gasteiger partial charge in [-0.2, -0.15) is 5.26 Å². The van der Waals surface area contributed by atoms with Gasteiger partial charge in [0.15, 0.2) is 0 Å². The highest BCUT2D eigenvalue weighted by Gasteiger charge is 2.61. The third kappa shape index (κ3) is 13.2. The minimum absolute atomic E-state index is 0.0272. The second-order valence-corrected chi connectivity index (χ2v) is 16.0. The van der Waals surface area contributed by atoms with Crippen molar-refractivity contribution in [1.82, 2.24) is 5.32 Å². The van der Waals surface area contributed by atoms with E-state index in [4.69, 9.17) is 61.1 Å². The van der Waals surface area contributed by atoms with E-state index < -0.39 is 64.8 Å². The fraction of sp³-hybridized carbons (Fsp3) is 0.488. The van der Waals surface area contributed by atoms with Crippen molar-refractivity contribution in [2.45, 2.75) is 63.8 Å². The topological polar surface area (TPSA) is 173 Å². The summed E-state index contributed by atoms with van der Waals surface area (Å²) in [5, 5.41) is 17.0. The van der Waals surface area contributed by atoms with Crippen molar-refractivity contribution in [2.75, 3.05) is 72.4 Å². The van der Waals surface area contributed by atoms with Gasteiger partial charge in [0.2, 0.25) is 12.2 Å². The van der Waals surface area contributed by atoms with Crippen LogP contribution in [0.1, 0.15) is 61.5 Å². The minimum atomic E-state index is -1.85. The first kappa shape index (κ1) is 49.1. The monoisotopic (exact) mass is 893 g/mol. The van der Waals surface area contributed by atoms with Gasteiger partial charge in [-0.1, -0.05) is 62.2 Å². The Hall–Kier alpha value is -4.60. The molecule has 1 heterocycles. The molecule has 0 aliphatic carbocycles. The SMILES string of the molecule is COCCOCCOCCOCCOC(=O)OC(C)OC(=O)c1ccc(NC(=O)[C@@H]2N[C@@H](CC(C)(C)C)[C@](C#N)(c3ccc(Cl)cc3F)[C@H]2c2cccc(Cl)c2F)c(OC)c1. The largest absolute Gasteiger partial charge is 0.511 e. The molecule has 1 fully saturated rings. The van der Waals surface area contributed by atoms with Gasteiger partial charge in [-0.3, -0.25) is 4.79 Å². The molecule has 2 N–H and O–H groups in total. The molecule has 0 spiro atoms. The Kier molecular flexibility index (Phi) is 18.5. The number of methoxy groups -OCH3 is 2. The van der Waals surface area contributed by atoms with Crippen molar-refractivity contribution in [3.63, 3.8) is 0 Å². The number of nitriles is 1. The van der Waals surface area contributed by atoms with Crippen molar-refractivity contribution in [2.24, 2.45) is 5.41 Å². The summed E-state index contributed by atoms with van der Waals surface area (Å²) in [6, 6.07) is 12.2. The van der Waals surface area contributed by atoms with Gasteiger partial charge < -0.3 is 48.5 Å². The third-order valence-electron chi connectivity index (χ3n) is 9.59. The summed E-state index contributed by atoms with van der Waals surface area (Å²) < 4.78 is 73.7. The Morgan fingerprint density at radius 3 is 2.16 bits per heavy atom. The third-order valence-corrected chi connectivity index (χ3v) is 10.1. The lowest BCUT2D eigenvalue weighted by Crippen LogP contribution is -2.45. The first-order valence-corrected chi connectivity index (χ1v) is 20.1. The van der Waals surface area contributed by atoms with E-state index in [1.807, 2.05) is 20.8 Å². The number of hydrogen-bond acceptors (Lipinski definition) is 13. The van der Waals surface area contributed by atoms with Gasteiger partial charge in [-0.15, -0.1) is 0 Å². The first-order chi connectivity index (χ1) is 29.1. The number of carbonyl (C=O) groups is 3. The molecule has 14 nitrogen and oxygen atoms in total. The number of ether oxygens (including phenoxy) is 8. The second-order valence-electron chi connectivity index (χ2n) is 15.1. The number of nitrogens with zero attached hydrogens (tertiary/aromatic N) is 1. The van der Waals surface area contributed by atoms with Crippen LogP contribution < -0.4 is 15.4 Å². The van der Waals surface area contributed by atoms with Crippen LogP contribution in [0.25, 0.3) is 0 Å². The normalized spacial score (nSPS) is 19.1. The molecular weight excluding hydrogens is 843 g/mol. The Labute approximate surface area is 363 Å². The Balaban J connectivity index is 1.45. The number of benzene rings is 3. The zero-order valence-electron chi connectivity index (χ0n) is 34.8. The van der Waals surface area contributed by atoms with E-state index >= 15 is 8.78 Å². The van der Waals surface area contributed by atoms with Gasteiger partial charge in [0, 0.05) is 36.6 Å². The van der Waals surface area contributed by atoms with Crippen molar-refractivity contribution >= 4 is 46.9 Å². The van der Waals surface area contributed by atoms with Crippen molar-refractivity contribution in [3.05, 3.63) is 93.0 Å². The summed E-state index contributed by atoms with van der Waals surface area (Å²) in [6.07, 6.45) is -2.18. The molecular formula is C43H51Cl2F2N3O11. The van der Waals surface area contributed by atoms with E-state index in [1.54, 1.807) is 7.11 Å². The van der Waals surface area contributed by atoms with Gasteiger partial charge in [0.05, 0.1) is 81.7 Å². The summed E-state index contributed by atoms with van der Waals surface area (Å²) in [6.45, 7) is 9.44. The molecule has 1 saturated heterocycles. The zero-order chi connectivity index (χ0) is 44.7. The molecule has 3 aromatic carbocycles. The fourth-order valence-corrected chi connectivity index (χ4v) is 7.31. The molecule has 0 saturated carbocycles. The van der Waals surface area contributed by atoms with E-state index in [9.17, 15) is 19.6 Å². The first-order valence-electron chi connectivity index (χ1n) is 19.4. The van der Waals surface area contributed by atoms with Crippen LogP contribution in [0.15, 0.2) is 54.6 Å². The predicted molar refractivity (Wildman–Crippen MR) is 221 cm³/mol. The number of hydrogen-bond donors (Lipinski definition) is 2. The van der Waals surface area contributed by atoms with E-state index in [-0.39, 0.29) is 64.4 Å². The molecule has 1 aliphatic rings.